The number of nitrogens with zero attached hydrogens (tertiary/aromatic N) is 2. The highest BCUT2D eigenvalue weighted by atomic mass is 79.9. The second-order valence-corrected chi connectivity index (χ2v) is 5.92. The average molecular weight is 389 g/mol. The van der Waals surface area contributed by atoms with Crippen LogP contribution in [0.3, 0.4) is 0 Å². The first kappa shape index (κ1) is 13.2. The molecule has 5 nitrogen and oxygen atoms in total. The fourth-order valence-electron chi connectivity index (χ4n) is 1.87. The van der Waals surface area contributed by atoms with Crippen molar-refractivity contribution in [1.82, 2.24) is 15.5 Å². The quantitative estimate of drug-likeness (QED) is 0.856. The summed E-state index contributed by atoms with van der Waals surface area (Å²) in [7, 11) is 0. The molecule has 1 N–H and O–H groups in total. The molecule has 1 atom stereocenters. The van der Waals surface area contributed by atoms with E-state index in [4.69, 9.17) is 9.26 Å². The Kier molecular flexibility index (Phi) is 3.97. The fraction of sp³-hybridized carbons (Fsp3) is 0.333. The molecule has 0 saturated carbocycles. The van der Waals surface area contributed by atoms with Crippen LogP contribution in [0.2, 0.25) is 0 Å². The van der Waals surface area contributed by atoms with Crippen LogP contribution in [0.1, 0.15) is 11.9 Å². The summed E-state index contributed by atoms with van der Waals surface area (Å²) in [5, 5.41) is 7.24. The van der Waals surface area contributed by atoms with E-state index in [9.17, 15) is 0 Å². The summed E-state index contributed by atoms with van der Waals surface area (Å²) in [6.07, 6.45) is -0.142. The van der Waals surface area contributed by atoms with Crippen molar-refractivity contribution in [2.45, 2.75) is 6.10 Å². The summed E-state index contributed by atoms with van der Waals surface area (Å²) >= 11 is 6.91. The first-order chi connectivity index (χ1) is 9.24. The van der Waals surface area contributed by atoms with Crippen molar-refractivity contribution in [2.24, 2.45) is 0 Å². The third-order valence-electron chi connectivity index (χ3n) is 2.82. The van der Waals surface area contributed by atoms with Crippen molar-refractivity contribution in [3.05, 3.63) is 33.0 Å². The molecule has 1 aliphatic rings. The minimum atomic E-state index is -0.142. The molecule has 1 unspecified atom stereocenters. The number of halogens is 2. The lowest BCUT2D eigenvalue weighted by molar-refractivity contribution is 0.0208. The van der Waals surface area contributed by atoms with Crippen molar-refractivity contribution in [2.75, 3.05) is 19.7 Å². The van der Waals surface area contributed by atoms with E-state index in [1.54, 1.807) is 0 Å². The Morgan fingerprint density at radius 1 is 1.32 bits per heavy atom. The predicted molar refractivity (Wildman–Crippen MR) is 76.7 cm³/mol. The van der Waals surface area contributed by atoms with Crippen LogP contribution in [0.15, 0.2) is 31.7 Å². The molecule has 7 heteroatoms. The first-order valence-electron chi connectivity index (χ1n) is 5.85. The maximum atomic E-state index is 5.60. The monoisotopic (exact) mass is 387 g/mol. The van der Waals surface area contributed by atoms with Crippen LogP contribution in [-0.4, -0.2) is 29.8 Å². The predicted octanol–water partition coefficient (Wildman–Crippen LogP) is 2.92. The van der Waals surface area contributed by atoms with Gasteiger partial charge in [0.15, 0.2) is 0 Å². The van der Waals surface area contributed by atoms with Gasteiger partial charge in [-0.1, -0.05) is 21.1 Å². The highest BCUT2D eigenvalue weighted by molar-refractivity contribution is 9.11. The zero-order chi connectivity index (χ0) is 13.2. The molecule has 100 valence electrons. The third kappa shape index (κ3) is 2.89. The highest BCUT2D eigenvalue weighted by Crippen LogP contribution is 2.30. The number of benzene rings is 1. The number of morpholine rings is 1. The van der Waals surface area contributed by atoms with Gasteiger partial charge in [-0.2, -0.15) is 4.98 Å². The molecule has 1 fully saturated rings. The van der Waals surface area contributed by atoms with Crippen LogP contribution >= 0.6 is 31.9 Å². The number of rotatable bonds is 2. The second kappa shape index (κ2) is 5.70. The molecule has 1 aromatic heterocycles. The molecular formula is C12H11Br2N3O2. The summed E-state index contributed by atoms with van der Waals surface area (Å²) in [5.74, 6) is 1.06. The molecular weight excluding hydrogens is 378 g/mol. The minimum absolute atomic E-state index is 0.142. The molecule has 0 radical (unpaired) electrons. The minimum Gasteiger partial charge on any atom is -0.367 e. The molecule has 3 rings (SSSR count). The normalized spacial score (nSPS) is 19.6. The van der Waals surface area contributed by atoms with E-state index in [1.165, 1.54) is 0 Å². The van der Waals surface area contributed by atoms with Gasteiger partial charge in [-0.25, -0.2) is 0 Å². The van der Waals surface area contributed by atoms with E-state index in [0.29, 0.717) is 24.9 Å². The maximum absolute atomic E-state index is 5.60. The largest absolute Gasteiger partial charge is 0.367 e. The summed E-state index contributed by atoms with van der Waals surface area (Å²) < 4.78 is 12.8. The van der Waals surface area contributed by atoms with E-state index < -0.39 is 0 Å². The maximum Gasteiger partial charge on any atom is 0.259 e. The van der Waals surface area contributed by atoms with Gasteiger partial charge < -0.3 is 14.6 Å². The fourth-order valence-corrected chi connectivity index (χ4v) is 2.64. The molecule has 2 heterocycles. The van der Waals surface area contributed by atoms with Crippen LogP contribution in [0.4, 0.5) is 0 Å². The number of ether oxygens (including phenoxy) is 1. The van der Waals surface area contributed by atoms with Gasteiger partial charge in [-0.3, -0.25) is 0 Å². The average Bonchev–Trinajstić information content (AvgIpc) is 2.92. The van der Waals surface area contributed by atoms with Crippen LogP contribution in [0.25, 0.3) is 11.5 Å². The van der Waals surface area contributed by atoms with E-state index in [0.717, 1.165) is 21.1 Å². The van der Waals surface area contributed by atoms with E-state index >= 15 is 0 Å². The van der Waals surface area contributed by atoms with Gasteiger partial charge in [0.25, 0.3) is 5.89 Å². The summed E-state index contributed by atoms with van der Waals surface area (Å²) in [4.78, 5) is 4.41. The molecule has 0 amide bonds. The van der Waals surface area contributed by atoms with Crippen molar-refractivity contribution in [3.63, 3.8) is 0 Å². The Bertz CT molecular complexity index is 582. The Labute approximate surface area is 127 Å². The molecule has 19 heavy (non-hydrogen) atoms. The number of hydrogen-bond acceptors (Lipinski definition) is 5. The van der Waals surface area contributed by atoms with Crippen LogP contribution < -0.4 is 5.32 Å². The topological polar surface area (TPSA) is 60.2 Å². The lowest BCUT2D eigenvalue weighted by Crippen LogP contribution is -2.33. The summed E-state index contributed by atoms with van der Waals surface area (Å²) in [6, 6.07) is 5.81. The summed E-state index contributed by atoms with van der Waals surface area (Å²) in [5.41, 5.74) is 0.858. The molecule has 0 bridgehead atoms. The number of hydrogen-bond donors (Lipinski definition) is 1. The molecule has 1 aliphatic heterocycles. The number of nitrogens with one attached hydrogen (secondary N) is 1. The van der Waals surface area contributed by atoms with Gasteiger partial charge >= 0.3 is 0 Å². The van der Waals surface area contributed by atoms with Crippen molar-refractivity contribution >= 4 is 31.9 Å². The van der Waals surface area contributed by atoms with E-state index in [1.807, 2.05) is 18.2 Å². The third-order valence-corrected chi connectivity index (χ3v) is 4.00. The molecule has 0 aliphatic carbocycles. The Hall–Kier alpha value is -0.760. The lowest BCUT2D eigenvalue weighted by Gasteiger charge is -2.20. The van der Waals surface area contributed by atoms with Crippen LogP contribution in [0.5, 0.6) is 0 Å². The first-order valence-corrected chi connectivity index (χ1v) is 7.44. The highest BCUT2D eigenvalue weighted by Gasteiger charge is 2.22. The molecule has 2 aromatic rings. The van der Waals surface area contributed by atoms with Gasteiger partial charge in [0.2, 0.25) is 5.82 Å². The van der Waals surface area contributed by atoms with Crippen molar-refractivity contribution in [1.29, 1.82) is 0 Å². The van der Waals surface area contributed by atoms with Crippen LogP contribution in [-0.2, 0) is 4.74 Å². The zero-order valence-electron chi connectivity index (χ0n) is 9.90. The van der Waals surface area contributed by atoms with Crippen LogP contribution in [0, 0.1) is 0 Å². The SMILES string of the molecule is Brc1ccc(Br)c(-c2nc(C3CNCCO3)no2)c1. The van der Waals surface area contributed by atoms with Gasteiger partial charge in [-0.15, -0.1) is 0 Å². The van der Waals surface area contributed by atoms with Crippen molar-refractivity contribution < 1.29 is 9.26 Å². The Morgan fingerprint density at radius 2 is 2.21 bits per heavy atom. The molecule has 0 spiro atoms. The second-order valence-electron chi connectivity index (χ2n) is 4.15. The van der Waals surface area contributed by atoms with Gasteiger partial charge in [0.1, 0.15) is 6.10 Å². The summed E-state index contributed by atoms with van der Waals surface area (Å²) in [6.45, 7) is 2.23. The smallest absolute Gasteiger partial charge is 0.259 e. The number of aromatic nitrogens is 2. The van der Waals surface area contributed by atoms with E-state index in [2.05, 4.69) is 47.3 Å². The standard InChI is InChI=1S/C12H11Br2N3O2/c13-7-1-2-9(14)8(5-7)12-16-11(17-19-12)10-6-15-3-4-18-10/h1-2,5,10,15H,3-4,6H2. The van der Waals surface area contributed by atoms with E-state index in [-0.39, 0.29) is 6.10 Å². The van der Waals surface area contributed by atoms with Gasteiger partial charge in [-0.05, 0) is 34.1 Å². The molecule has 1 saturated heterocycles. The zero-order valence-corrected chi connectivity index (χ0v) is 13.1. The van der Waals surface area contributed by atoms with Gasteiger partial charge in [0.05, 0.1) is 12.2 Å². The Balaban J connectivity index is 1.89. The Morgan fingerprint density at radius 3 is 3.00 bits per heavy atom. The van der Waals surface area contributed by atoms with Gasteiger partial charge in [0, 0.05) is 22.0 Å². The van der Waals surface area contributed by atoms with Crippen molar-refractivity contribution in [3.8, 4) is 11.5 Å². The lowest BCUT2D eigenvalue weighted by atomic mass is 10.2. The molecule has 1 aromatic carbocycles.